The topological polar surface area (TPSA) is 46.3 Å². The maximum absolute atomic E-state index is 12.0. The Morgan fingerprint density at radius 2 is 1.94 bits per heavy atom. The van der Waals surface area contributed by atoms with Gasteiger partial charge in [-0.25, -0.2) is 0 Å². The monoisotopic (exact) mass is 224 g/mol. The third-order valence-electron chi connectivity index (χ3n) is 4.01. The van der Waals surface area contributed by atoms with E-state index in [1.54, 1.807) is 0 Å². The van der Waals surface area contributed by atoms with Crippen LogP contribution in [0.25, 0.3) is 0 Å². The van der Waals surface area contributed by atoms with Crippen LogP contribution >= 0.6 is 0 Å². The molecule has 2 saturated carbocycles. The van der Waals surface area contributed by atoms with Gasteiger partial charge in [-0.1, -0.05) is 19.3 Å². The van der Waals surface area contributed by atoms with Crippen molar-refractivity contribution >= 4 is 5.91 Å². The van der Waals surface area contributed by atoms with Crippen LogP contribution in [0.1, 0.15) is 51.4 Å². The number of nitrogens with two attached hydrogens (primary N) is 1. The van der Waals surface area contributed by atoms with Crippen molar-refractivity contribution in [2.75, 3.05) is 13.6 Å². The summed E-state index contributed by atoms with van der Waals surface area (Å²) in [5, 5.41) is 0. The fourth-order valence-electron chi connectivity index (χ4n) is 2.66. The first-order valence-electron chi connectivity index (χ1n) is 6.62. The second-order valence-electron chi connectivity index (χ2n) is 5.82. The van der Waals surface area contributed by atoms with E-state index in [9.17, 15) is 4.79 Å². The molecule has 2 aliphatic rings. The summed E-state index contributed by atoms with van der Waals surface area (Å²) < 4.78 is 0. The number of amides is 1. The summed E-state index contributed by atoms with van der Waals surface area (Å²) in [5.74, 6) is 1.02. The van der Waals surface area contributed by atoms with E-state index >= 15 is 0 Å². The number of nitrogens with zero attached hydrogens (tertiary/aromatic N) is 1. The van der Waals surface area contributed by atoms with Crippen molar-refractivity contribution in [3.63, 3.8) is 0 Å². The number of hydrogen-bond acceptors (Lipinski definition) is 2. The first kappa shape index (κ1) is 11.9. The van der Waals surface area contributed by atoms with Crippen molar-refractivity contribution in [1.82, 2.24) is 4.90 Å². The van der Waals surface area contributed by atoms with E-state index in [0.29, 0.717) is 6.42 Å². The van der Waals surface area contributed by atoms with Gasteiger partial charge in [0, 0.05) is 25.6 Å². The molecule has 2 N–H and O–H groups in total. The van der Waals surface area contributed by atoms with Gasteiger partial charge in [0.2, 0.25) is 5.91 Å². The summed E-state index contributed by atoms with van der Waals surface area (Å²) in [6, 6.07) is 0. The minimum Gasteiger partial charge on any atom is -0.345 e. The van der Waals surface area contributed by atoms with E-state index in [1.165, 1.54) is 32.1 Å². The van der Waals surface area contributed by atoms with Crippen LogP contribution < -0.4 is 5.73 Å². The predicted octanol–water partition coefficient (Wildman–Crippen LogP) is 1.91. The SMILES string of the molecule is CN(CC1CC1)C(=O)CC1(N)CCCCC1. The average molecular weight is 224 g/mol. The molecule has 2 rings (SSSR count). The molecular formula is C13H24N2O. The zero-order chi connectivity index (χ0) is 11.6. The molecule has 0 aromatic carbocycles. The van der Waals surface area contributed by atoms with Crippen molar-refractivity contribution in [2.24, 2.45) is 11.7 Å². The fraction of sp³-hybridized carbons (Fsp3) is 0.923. The van der Waals surface area contributed by atoms with E-state index in [2.05, 4.69) is 0 Å². The maximum atomic E-state index is 12.0. The van der Waals surface area contributed by atoms with E-state index in [0.717, 1.165) is 25.3 Å². The lowest BCUT2D eigenvalue weighted by Gasteiger charge is -2.34. The second kappa shape index (κ2) is 4.74. The molecule has 0 bridgehead atoms. The molecule has 0 saturated heterocycles. The lowest BCUT2D eigenvalue weighted by atomic mass is 9.80. The Morgan fingerprint density at radius 1 is 1.31 bits per heavy atom. The van der Waals surface area contributed by atoms with E-state index in [-0.39, 0.29) is 11.4 Å². The third-order valence-corrected chi connectivity index (χ3v) is 4.01. The van der Waals surface area contributed by atoms with Gasteiger partial charge in [0.1, 0.15) is 0 Å². The first-order valence-corrected chi connectivity index (χ1v) is 6.62. The van der Waals surface area contributed by atoms with Crippen LogP contribution in [-0.4, -0.2) is 29.9 Å². The lowest BCUT2D eigenvalue weighted by Crippen LogP contribution is -2.46. The van der Waals surface area contributed by atoms with Gasteiger partial charge in [-0.2, -0.15) is 0 Å². The van der Waals surface area contributed by atoms with Gasteiger partial charge in [0.25, 0.3) is 0 Å². The van der Waals surface area contributed by atoms with E-state index in [1.807, 2.05) is 11.9 Å². The van der Waals surface area contributed by atoms with Gasteiger partial charge in [-0.15, -0.1) is 0 Å². The second-order valence-corrected chi connectivity index (χ2v) is 5.82. The molecule has 0 aromatic rings. The summed E-state index contributed by atoms with van der Waals surface area (Å²) in [7, 11) is 1.92. The molecule has 2 fully saturated rings. The molecule has 0 aromatic heterocycles. The molecule has 0 aliphatic heterocycles. The minimum absolute atomic E-state index is 0.201. The quantitative estimate of drug-likeness (QED) is 0.793. The number of hydrogen-bond donors (Lipinski definition) is 1. The molecule has 0 unspecified atom stereocenters. The zero-order valence-corrected chi connectivity index (χ0v) is 10.4. The van der Waals surface area contributed by atoms with Crippen LogP contribution in [0.15, 0.2) is 0 Å². The van der Waals surface area contributed by atoms with Crippen LogP contribution in [-0.2, 0) is 4.79 Å². The molecule has 0 spiro atoms. The third kappa shape index (κ3) is 3.21. The molecule has 0 heterocycles. The van der Waals surface area contributed by atoms with Crippen molar-refractivity contribution in [3.05, 3.63) is 0 Å². The normalized spacial score (nSPS) is 24.1. The smallest absolute Gasteiger partial charge is 0.224 e. The standard InChI is InChI=1S/C13H24N2O/c1-15(10-11-5-6-11)12(16)9-13(14)7-3-2-4-8-13/h11H,2-10,14H2,1H3. The Balaban J connectivity index is 1.79. The van der Waals surface area contributed by atoms with Gasteiger partial charge >= 0.3 is 0 Å². The van der Waals surface area contributed by atoms with Gasteiger partial charge in [0.15, 0.2) is 0 Å². The Bertz CT molecular complexity index is 255. The van der Waals surface area contributed by atoms with Crippen molar-refractivity contribution in [2.45, 2.75) is 56.9 Å². The highest BCUT2D eigenvalue weighted by Gasteiger charge is 2.32. The summed E-state index contributed by atoms with van der Waals surface area (Å²) >= 11 is 0. The number of carbonyl (C=O) groups is 1. The number of carbonyl (C=O) groups excluding carboxylic acids is 1. The van der Waals surface area contributed by atoms with E-state index in [4.69, 9.17) is 5.73 Å². The first-order chi connectivity index (χ1) is 7.59. The Labute approximate surface area is 98.4 Å². The predicted molar refractivity (Wildman–Crippen MR) is 65.0 cm³/mol. The Hall–Kier alpha value is -0.570. The van der Waals surface area contributed by atoms with Crippen molar-refractivity contribution in [3.8, 4) is 0 Å². The molecule has 3 heteroatoms. The summed E-state index contributed by atoms with van der Waals surface area (Å²) in [6.07, 6.45) is 8.86. The lowest BCUT2D eigenvalue weighted by molar-refractivity contribution is -0.131. The highest BCUT2D eigenvalue weighted by atomic mass is 16.2. The minimum atomic E-state index is -0.201. The molecule has 0 radical (unpaired) electrons. The molecule has 16 heavy (non-hydrogen) atoms. The van der Waals surface area contributed by atoms with Gasteiger partial charge in [-0.05, 0) is 31.6 Å². The zero-order valence-electron chi connectivity index (χ0n) is 10.4. The van der Waals surface area contributed by atoms with Crippen LogP contribution in [0.5, 0.6) is 0 Å². The van der Waals surface area contributed by atoms with Crippen LogP contribution in [0.2, 0.25) is 0 Å². The van der Waals surface area contributed by atoms with E-state index < -0.39 is 0 Å². The average Bonchev–Trinajstić information content (AvgIpc) is 3.02. The Kier molecular flexibility index (Phi) is 3.53. The maximum Gasteiger partial charge on any atom is 0.224 e. The number of rotatable bonds is 4. The van der Waals surface area contributed by atoms with Gasteiger partial charge in [-0.3, -0.25) is 4.79 Å². The highest BCUT2D eigenvalue weighted by molar-refractivity contribution is 5.77. The molecule has 92 valence electrons. The molecular weight excluding hydrogens is 200 g/mol. The van der Waals surface area contributed by atoms with Gasteiger partial charge in [0.05, 0.1) is 0 Å². The highest BCUT2D eigenvalue weighted by Crippen LogP contribution is 2.31. The molecule has 2 aliphatic carbocycles. The molecule has 1 amide bonds. The van der Waals surface area contributed by atoms with Crippen molar-refractivity contribution in [1.29, 1.82) is 0 Å². The van der Waals surface area contributed by atoms with Crippen LogP contribution in [0.3, 0.4) is 0 Å². The molecule has 0 atom stereocenters. The van der Waals surface area contributed by atoms with Gasteiger partial charge < -0.3 is 10.6 Å². The fourth-order valence-corrected chi connectivity index (χ4v) is 2.66. The van der Waals surface area contributed by atoms with Crippen molar-refractivity contribution < 1.29 is 4.79 Å². The molecule has 3 nitrogen and oxygen atoms in total. The Morgan fingerprint density at radius 3 is 2.50 bits per heavy atom. The summed E-state index contributed by atoms with van der Waals surface area (Å²) in [6.45, 7) is 0.939. The van der Waals surface area contributed by atoms with Crippen LogP contribution in [0.4, 0.5) is 0 Å². The summed E-state index contributed by atoms with van der Waals surface area (Å²) in [4.78, 5) is 13.9. The largest absolute Gasteiger partial charge is 0.345 e. The van der Waals surface area contributed by atoms with Crippen LogP contribution in [0, 0.1) is 5.92 Å². The summed E-state index contributed by atoms with van der Waals surface area (Å²) in [5.41, 5.74) is 6.10.